The summed E-state index contributed by atoms with van der Waals surface area (Å²) >= 11 is 0. The number of benzene rings is 2. The van der Waals surface area contributed by atoms with Crippen molar-refractivity contribution in [2.24, 2.45) is 0 Å². The summed E-state index contributed by atoms with van der Waals surface area (Å²) in [6, 6.07) is 15.8. The second-order valence-electron chi connectivity index (χ2n) is 5.84. The van der Waals surface area contributed by atoms with Gasteiger partial charge in [0.15, 0.2) is 17.1 Å². The van der Waals surface area contributed by atoms with Gasteiger partial charge >= 0.3 is 0 Å². The van der Waals surface area contributed by atoms with Crippen LogP contribution in [0.1, 0.15) is 21.7 Å². The van der Waals surface area contributed by atoms with Crippen molar-refractivity contribution in [1.82, 2.24) is 5.32 Å². The molecule has 0 spiro atoms. The second-order valence-corrected chi connectivity index (χ2v) is 5.84. The Labute approximate surface area is 134 Å². The lowest BCUT2D eigenvalue weighted by Gasteiger charge is -2.10. The van der Waals surface area contributed by atoms with Crippen LogP contribution in [0.5, 0.6) is 5.75 Å². The molecular weight excluding hydrogens is 290 g/mol. The largest absolute Gasteiger partial charge is 0.493 e. The Morgan fingerprint density at radius 1 is 1.13 bits per heavy atom. The molecule has 0 saturated heterocycles. The minimum absolute atomic E-state index is 0.120. The zero-order valence-corrected chi connectivity index (χ0v) is 12.8. The Balaban J connectivity index is 1.54. The summed E-state index contributed by atoms with van der Waals surface area (Å²) in [6.07, 6.45) is 1.73. The molecule has 116 valence electrons. The zero-order valence-electron chi connectivity index (χ0n) is 12.8. The number of carbonyl (C=O) groups excluding carboxylic acids is 1. The molecule has 1 aliphatic rings. The van der Waals surface area contributed by atoms with Crippen LogP contribution in [0.25, 0.3) is 11.0 Å². The van der Waals surface area contributed by atoms with Crippen LogP contribution in [0.2, 0.25) is 0 Å². The summed E-state index contributed by atoms with van der Waals surface area (Å²) in [6.45, 7) is 0. The van der Waals surface area contributed by atoms with E-state index in [0.29, 0.717) is 17.1 Å². The van der Waals surface area contributed by atoms with Gasteiger partial charge in [0.1, 0.15) is 0 Å². The van der Waals surface area contributed by atoms with Crippen LogP contribution in [0, 0.1) is 0 Å². The topological polar surface area (TPSA) is 51.5 Å². The Morgan fingerprint density at radius 2 is 1.87 bits per heavy atom. The Hall–Kier alpha value is -2.75. The third-order valence-corrected chi connectivity index (χ3v) is 4.34. The predicted molar refractivity (Wildman–Crippen MR) is 87.9 cm³/mol. The van der Waals surface area contributed by atoms with E-state index in [4.69, 9.17) is 9.15 Å². The van der Waals surface area contributed by atoms with Crippen molar-refractivity contribution in [3.63, 3.8) is 0 Å². The lowest BCUT2D eigenvalue weighted by molar-refractivity contribution is 0.0912. The maximum absolute atomic E-state index is 12.5. The first-order valence-electron chi connectivity index (χ1n) is 7.69. The van der Waals surface area contributed by atoms with Crippen molar-refractivity contribution in [3.05, 3.63) is 65.4 Å². The highest BCUT2D eigenvalue weighted by atomic mass is 16.5. The van der Waals surface area contributed by atoms with E-state index in [-0.39, 0.29) is 11.9 Å². The van der Waals surface area contributed by atoms with Gasteiger partial charge in [-0.15, -0.1) is 0 Å². The molecule has 2 aromatic carbocycles. The molecule has 1 heterocycles. The van der Waals surface area contributed by atoms with Crippen LogP contribution in [-0.4, -0.2) is 19.1 Å². The summed E-state index contributed by atoms with van der Waals surface area (Å²) in [4.78, 5) is 12.5. The number of carbonyl (C=O) groups is 1. The number of hydrogen-bond donors (Lipinski definition) is 1. The smallest absolute Gasteiger partial charge is 0.287 e. The van der Waals surface area contributed by atoms with Gasteiger partial charge in [0.25, 0.3) is 5.91 Å². The molecule has 4 heteroatoms. The highest BCUT2D eigenvalue weighted by Gasteiger charge is 2.24. The molecule has 0 saturated carbocycles. The van der Waals surface area contributed by atoms with Gasteiger partial charge in [0.2, 0.25) is 0 Å². The second kappa shape index (κ2) is 5.47. The fraction of sp³-hybridized carbons (Fsp3) is 0.211. The van der Waals surface area contributed by atoms with Crippen molar-refractivity contribution < 1.29 is 13.9 Å². The van der Waals surface area contributed by atoms with E-state index in [1.807, 2.05) is 30.3 Å². The normalized spacial score (nSPS) is 14.0. The first-order chi connectivity index (χ1) is 11.2. The maximum Gasteiger partial charge on any atom is 0.287 e. The highest BCUT2D eigenvalue weighted by molar-refractivity contribution is 5.97. The van der Waals surface area contributed by atoms with Gasteiger partial charge in [-0.05, 0) is 36.1 Å². The van der Waals surface area contributed by atoms with E-state index in [2.05, 4.69) is 17.4 Å². The number of ether oxygens (including phenoxy) is 1. The van der Waals surface area contributed by atoms with Gasteiger partial charge in [-0.2, -0.15) is 0 Å². The van der Waals surface area contributed by atoms with Crippen LogP contribution >= 0.6 is 0 Å². The fourth-order valence-electron chi connectivity index (χ4n) is 3.23. The molecule has 0 unspecified atom stereocenters. The first kappa shape index (κ1) is 13.9. The van der Waals surface area contributed by atoms with E-state index in [0.717, 1.165) is 18.2 Å². The Bertz CT molecular complexity index is 856. The molecule has 0 atom stereocenters. The van der Waals surface area contributed by atoms with E-state index < -0.39 is 0 Å². The van der Waals surface area contributed by atoms with Gasteiger partial charge in [-0.1, -0.05) is 36.4 Å². The van der Waals surface area contributed by atoms with Crippen LogP contribution in [-0.2, 0) is 12.8 Å². The molecule has 1 N–H and O–H groups in total. The molecule has 1 aliphatic carbocycles. The quantitative estimate of drug-likeness (QED) is 0.807. The molecule has 0 bridgehead atoms. The monoisotopic (exact) mass is 307 g/mol. The Kier molecular flexibility index (Phi) is 3.30. The zero-order chi connectivity index (χ0) is 15.8. The van der Waals surface area contributed by atoms with Crippen molar-refractivity contribution in [1.29, 1.82) is 0 Å². The number of nitrogens with one attached hydrogen (secondary N) is 1. The minimum Gasteiger partial charge on any atom is -0.493 e. The van der Waals surface area contributed by atoms with Gasteiger partial charge in [-0.3, -0.25) is 4.79 Å². The summed E-state index contributed by atoms with van der Waals surface area (Å²) in [5.41, 5.74) is 3.23. The fourth-order valence-corrected chi connectivity index (χ4v) is 3.23. The van der Waals surface area contributed by atoms with Crippen molar-refractivity contribution in [2.75, 3.05) is 7.11 Å². The maximum atomic E-state index is 12.5. The third-order valence-electron chi connectivity index (χ3n) is 4.34. The number of methoxy groups -OCH3 is 1. The average molecular weight is 307 g/mol. The van der Waals surface area contributed by atoms with Gasteiger partial charge in [0.05, 0.1) is 7.11 Å². The highest BCUT2D eigenvalue weighted by Crippen LogP contribution is 2.29. The average Bonchev–Trinajstić information content (AvgIpc) is 3.17. The summed E-state index contributed by atoms with van der Waals surface area (Å²) in [5, 5.41) is 3.93. The molecule has 0 fully saturated rings. The number of furan rings is 1. The van der Waals surface area contributed by atoms with Gasteiger partial charge in [-0.25, -0.2) is 0 Å². The number of para-hydroxylation sites is 1. The van der Waals surface area contributed by atoms with Crippen LogP contribution in [0.15, 0.2) is 52.9 Å². The standard InChI is InChI=1S/C19H17NO3/c1-22-16-8-4-7-14-11-17(23-18(14)16)19(21)20-15-9-12-5-2-3-6-13(12)10-15/h2-8,11,15H,9-10H2,1H3,(H,20,21). The molecular formula is C19H17NO3. The van der Waals surface area contributed by atoms with Crippen molar-refractivity contribution >= 4 is 16.9 Å². The lowest BCUT2D eigenvalue weighted by atomic mass is 10.1. The molecule has 0 radical (unpaired) electrons. The molecule has 4 nitrogen and oxygen atoms in total. The number of amides is 1. The number of fused-ring (bicyclic) bond motifs is 2. The molecule has 4 rings (SSSR count). The molecule has 0 aliphatic heterocycles. The summed E-state index contributed by atoms with van der Waals surface area (Å²) < 4.78 is 11.0. The van der Waals surface area contributed by atoms with Crippen molar-refractivity contribution in [3.8, 4) is 5.75 Å². The van der Waals surface area contributed by atoms with E-state index >= 15 is 0 Å². The molecule has 23 heavy (non-hydrogen) atoms. The van der Waals surface area contributed by atoms with E-state index in [1.165, 1.54) is 11.1 Å². The molecule has 1 amide bonds. The number of hydrogen-bond acceptors (Lipinski definition) is 3. The predicted octanol–water partition coefficient (Wildman–Crippen LogP) is 3.34. The van der Waals surface area contributed by atoms with Gasteiger partial charge in [0, 0.05) is 11.4 Å². The van der Waals surface area contributed by atoms with E-state index in [9.17, 15) is 4.79 Å². The van der Waals surface area contributed by atoms with E-state index in [1.54, 1.807) is 13.2 Å². The lowest BCUT2D eigenvalue weighted by Crippen LogP contribution is -2.35. The van der Waals surface area contributed by atoms with Crippen LogP contribution in [0.4, 0.5) is 0 Å². The van der Waals surface area contributed by atoms with Crippen LogP contribution < -0.4 is 10.1 Å². The number of rotatable bonds is 3. The summed E-state index contributed by atoms with van der Waals surface area (Å²) in [5.74, 6) is 0.774. The summed E-state index contributed by atoms with van der Waals surface area (Å²) in [7, 11) is 1.59. The SMILES string of the molecule is COc1cccc2cc(C(=O)NC3Cc4ccccc4C3)oc12. The first-order valence-corrected chi connectivity index (χ1v) is 7.69. The van der Waals surface area contributed by atoms with Crippen LogP contribution in [0.3, 0.4) is 0 Å². The third kappa shape index (κ3) is 2.46. The molecule has 3 aromatic rings. The minimum atomic E-state index is -0.180. The van der Waals surface area contributed by atoms with Crippen molar-refractivity contribution in [2.45, 2.75) is 18.9 Å². The van der Waals surface area contributed by atoms with Gasteiger partial charge < -0.3 is 14.5 Å². The Morgan fingerprint density at radius 3 is 2.57 bits per heavy atom. The molecule has 1 aromatic heterocycles.